The highest BCUT2D eigenvalue weighted by Gasteiger charge is 2.37. The Balaban J connectivity index is 2.03. The van der Waals surface area contributed by atoms with Crippen molar-refractivity contribution in [2.45, 2.75) is 50.9 Å². The Bertz CT molecular complexity index is 493. The molecular weight excluding hydrogens is 250 g/mol. The van der Waals surface area contributed by atoms with E-state index in [1.54, 1.807) is 0 Å². The van der Waals surface area contributed by atoms with Crippen LogP contribution in [0.5, 0.6) is 11.5 Å². The fourth-order valence-corrected chi connectivity index (χ4v) is 3.11. The van der Waals surface area contributed by atoms with Crippen molar-refractivity contribution in [3.63, 3.8) is 0 Å². The molecule has 4 heteroatoms. The Labute approximate surface area is 112 Å². The Morgan fingerprint density at radius 1 is 1.17 bits per heavy atom. The average Bonchev–Trinajstić information content (AvgIpc) is 2.82. The van der Waals surface area contributed by atoms with E-state index in [0.29, 0.717) is 16.5 Å². The van der Waals surface area contributed by atoms with Crippen molar-refractivity contribution in [3.8, 4) is 11.5 Å². The third-order valence-electron chi connectivity index (χ3n) is 3.78. The number of hydrogen-bond donors (Lipinski definition) is 1. The molecule has 1 fully saturated rings. The molecule has 1 aliphatic carbocycles. The summed E-state index contributed by atoms with van der Waals surface area (Å²) in [6.45, 7) is 3.74. The van der Waals surface area contributed by atoms with E-state index in [1.807, 2.05) is 26.0 Å². The number of benzene rings is 1. The average molecular weight is 268 g/mol. The molecule has 18 heavy (non-hydrogen) atoms. The topological polar surface area (TPSA) is 44.5 Å². The fourth-order valence-electron chi connectivity index (χ4n) is 2.86. The zero-order chi connectivity index (χ0) is 13.0. The second kappa shape index (κ2) is 3.78. The van der Waals surface area contributed by atoms with E-state index in [9.17, 15) is 0 Å². The molecule has 1 saturated carbocycles. The summed E-state index contributed by atoms with van der Waals surface area (Å²) in [6, 6.07) is 3.91. The van der Waals surface area contributed by atoms with Crippen LogP contribution in [0.4, 0.5) is 0 Å². The van der Waals surface area contributed by atoms with Gasteiger partial charge in [-0.2, -0.15) is 0 Å². The highest BCUT2D eigenvalue weighted by molar-refractivity contribution is 6.32. The van der Waals surface area contributed by atoms with E-state index < -0.39 is 5.79 Å². The van der Waals surface area contributed by atoms with Crippen molar-refractivity contribution >= 4 is 11.6 Å². The molecule has 98 valence electrons. The van der Waals surface area contributed by atoms with Gasteiger partial charge < -0.3 is 15.2 Å². The molecule has 0 radical (unpaired) electrons. The minimum Gasteiger partial charge on any atom is -0.449 e. The molecule has 1 aromatic carbocycles. The van der Waals surface area contributed by atoms with Crippen molar-refractivity contribution in [1.82, 2.24) is 0 Å². The highest BCUT2D eigenvalue weighted by atomic mass is 35.5. The van der Waals surface area contributed by atoms with Gasteiger partial charge in [0.2, 0.25) is 5.79 Å². The largest absolute Gasteiger partial charge is 0.449 e. The molecule has 0 saturated heterocycles. The maximum absolute atomic E-state index is 6.46. The van der Waals surface area contributed by atoms with Gasteiger partial charge in [0, 0.05) is 19.4 Å². The third-order valence-corrected chi connectivity index (χ3v) is 4.06. The van der Waals surface area contributed by atoms with Crippen LogP contribution in [-0.2, 0) is 5.54 Å². The lowest BCUT2D eigenvalue weighted by Crippen LogP contribution is -2.33. The zero-order valence-electron chi connectivity index (χ0n) is 10.8. The monoisotopic (exact) mass is 267 g/mol. The van der Waals surface area contributed by atoms with Crippen molar-refractivity contribution in [1.29, 1.82) is 0 Å². The number of fused-ring (bicyclic) bond motifs is 1. The second-order valence-electron chi connectivity index (χ2n) is 5.75. The van der Waals surface area contributed by atoms with E-state index >= 15 is 0 Å². The quantitative estimate of drug-likeness (QED) is 0.846. The predicted molar refractivity (Wildman–Crippen MR) is 71.1 cm³/mol. The summed E-state index contributed by atoms with van der Waals surface area (Å²) in [5, 5.41) is 0.588. The summed E-state index contributed by atoms with van der Waals surface area (Å²) in [6.07, 6.45) is 4.36. The molecule has 0 amide bonds. The van der Waals surface area contributed by atoms with Crippen LogP contribution >= 0.6 is 11.6 Å². The molecular formula is C14H18ClNO2. The first-order valence-electron chi connectivity index (χ1n) is 6.41. The van der Waals surface area contributed by atoms with Gasteiger partial charge in [0.05, 0.1) is 5.02 Å². The Hall–Kier alpha value is -0.930. The maximum atomic E-state index is 6.46. The smallest absolute Gasteiger partial charge is 0.246 e. The summed E-state index contributed by atoms with van der Waals surface area (Å²) in [4.78, 5) is 0. The van der Waals surface area contributed by atoms with Gasteiger partial charge >= 0.3 is 0 Å². The standard InChI is InChI=1S/C14H18ClNO2/c1-13(2)17-11-8-9(7-10(15)12(11)18-13)14(16)5-3-4-6-14/h7-8H,3-6,16H2,1-2H3. The van der Waals surface area contributed by atoms with Crippen LogP contribution in [0.25, 0.3) is 0 Å². The van der Waals surface area contributed by atoms with E-state index in [2.05, 4.69) is 0 Å². The molecule has 2 aliphatic rings. The summed E-state index contributed by atoms with van der Waals surface area (Å²) < 4.78 is 11.4. The molecule has 1 heterocycles. The van der Waals surface area contributed by atoms with Gasteiger partial charge in [-0.05, 0) is 30.5 Å². The van der Waals surface area contributed by atoms with Crippen molar-refractivity contribution in [3.05, 3.63) is 22.7 Å². The normalized spacial score (nSPS) is 23.3. The molecule has 0 unspecified atom stereocenters. The van der Waals surface area contributed by atoms with Crippen molar-refractivity contribution in [2.24, 2.45) is 5.73 Å². The minimum absolute atomic E-state index is 0.255. The SMILES string of the molecule is CC1(C)Oc2cc(C3(N)CCCC3)cc(Cl)c2O1. The van der Waals surface area contributed by atoms with Gasteiger partial charge in [0.1, 0.15) is 0 Å². The second-order valence-corrected chi connectivity index (χ2v) is 6.16. The van der Waals surface area contributed by atoms with Gasteiger partial charge in [-0.1, -0.05) is 24.4 Å². The van der Waals surface area contributed by atoms with E-state index in [1.165, 1.54) is 12.8 Å². The summed E-state index contributed by atoms with van der Waals surface area (Å²) in [5.41, 5.74) is 7.26. The third kappa shape index (κ3) is 1.86. The summed E-state index contributed by atoms with van der Waals surface area (Å²) >= 11 is 6.28. The summed E-state index contributed by atoms with van der Waals surface area (Å²) in [5.74, 6) is 0.688. The van der Waals surface area contributed by atoms with E-state index in [4.69, 9.17) is 26.8 Å². The number of nitrogens with two attached hydrogens (primary N) is 1. The van der Waals surface area contributed by atoms with Crippen molar-refractivity contribution in [2.75, 3.05) is 0 Å². The Morgan fingerprint density at radius 2 is 1.83 bits per heavy atom. The fraction of sp³-hybridized carbons (Fsp3) is 0.571. The molecule has 3 rings (SSSR count). The van der Waals surface area contributed by atoms with E-state index in [-0.39, 0.29) is 5.54 Å². The first-order chi connectivity index (χ1) is 8.40. The molecule has 0 aromatic heterocycles. The van der Waals surface area contributed by atoms with Crippen LogP contribution in [0.2, 0.25) is 5.02 Å². The zero-order valence-corrected chi connectivity index (χ0v) is 11.5. The van der Waals surface area contributed by atoms with Crippen molar-refractivity contribution < 1.29 is 9.47 Å². The molecule has 0 spiro atoms. The van der Waals surface area contributed by atoms with Gasteiger partial charge in [0.25, 0.3) is 0 Å². The molecule has 0 atom stereocenters. The Kier molecular flexibility index (Phi) is 2.55. The summed E-state index contributed by atoms with van der Waals surface area (Å²) in [7, 11) is 0. The molecule has 2 N–H and O–H groups in total. The van der Waals surface area contributed by atoms with Crippen LogP contribution in [0.15, 0.2) is 12.1 Å². The first-order valence-corrected chi connectivity index (χ1v) is 6.78. The number of ether oxygens (including phenoxy) is 2. The number of hydrogen-bond acceptors (Lipinski definition) is 3. The van der Waals surface area contributed by atoms with Gasteiger partial charge in [-0.15, -0.1) is 0 Å². The lowest BCUT2D eigenvalue weighted by Gasteiger charge is -2.24. The van der Waals surface area contributed by atoms with Gasteiger partial charge in [-0.3, -0.25) is 0 Å². The highest BCUT2D eigenvalue weighted by Crippen LogP contribution is 2.48. The molecule has 1 aliphatic heterocycles. The lowest BCUT2D eigenvalue weighted by atomic mass is 9.89. The molecule has 1 aromatic rings. The predicted octanol–water partition coefficient (Wildman–Crippen LogP) is 3.58. The van der Waals surface area contributed by atoms with Crippen LogP contribution < -0.4 is 15.2 Å². The van der Waals surface area contributed by atoms with E-state index in [0.717, 1.165) is 18.4 Å². The maximum Gasteiger partial charge on any atom is 0.246 e. The van der Waals surface area contributed by atoms with Gasteiger partial charge in [-0.25, -0.2) is 0 Å². The number of halogens is 1. The van der Waals surface area contributed by atoms with Crippen LogP contribution in [0, 0.1) is 0 Å². The van der Waals surface area contributed by atoms with Crippen LogP contribution in [-0.4, -0.2) is 5.79 Å². The van der Waals surface area contributed by atoms with Crippen LogP contribution in [0.1, 0.15) is 45.1 Å². The van der Waals surface area contributed by atoms with Crippen LogP contribution in [0.3, 0.4) is 0 Å². The van der Waals surface area contributed by atoms with Gasteiger partial charge in [0.15, 0.2) is 11.5 Å². The number of rotatable bonds is 1. The first kappa shape index (κ1) is 12.1. The molecule has 0 bridgehead atoms. The Morgan fingerprint density at radius 3 is 2.50 bits per heavy atom. The minimum atomic E-state index is -0.651. The molecule has 3 nitrogen and oxygen atoms in total. The lowest BCUT2D eigenvalue weighted by molar-refractivity contribution is -0.0431.